The number of carbonyl (C=O) groups excluding carboxylic acids is 1. The normalized spacial score (nSPS) is 16.5. The van der Waals surface area contributed by atoms with Gasteiger partial charge >= 0.3 is 0 Å². The number of rotatable bonds is 6. The molecule has 0 heterocycles. The Kier molecular flexibility index (Phi) is 5.59. The molecule has 1 N–H and O–H groups in total. The van der Waals surface area contributed by atoms with Crippen molar-refractivity contribution in [3.8, 4) is 0 Å². The second-order valence-electron chi connectivity index (χ2n) is 5.64. The van der Waals surface area contributed by atoms with Gasteiger partial charge in [-0.25, -0.2) is 0 Å². The average molecular weight is 259 g/mol. The average Bonchev–Trinajstić information content (AvgIpc) is 2.46. The van der Waals surface area contributed by atoms with Crippen LogP contribution in [0.15, 0.2) is 24.3 Å². The molecule has 19 heavy (non-hydrogen) atoms. The second-order valence-corrected chi connectivity index (χ2v) is 5.64. The molecule has 0 amide bonds. The predicted octanol–water partition coefficient (Wildman–Crippen LogP) is 3.60. The van der Waals surface area contributed by atoms with E-state index in [0.717, 1.165) is 24.9 Å². The quantitative estimate of drug-likeness (QED) is 0.791. The maximum atomic E-state index is 12.5. The fourth-order valence-corrected chi connectivity index (χ4v) is 3.03. The van der Waals surface area contributed by atoms with E-state index in [1.54, 1.807) is 0 Å². The summed E-state index contributed by atoms with van der Waals surface area (Å²) in [5.74, 6) is 0.970. The van der Waals surface area contributed by atoms with E-state index in [2.05, 4.69) is 11.4 Å². The molecule has 0 unspecified atom stereocenters. The first kappa shape index (κ1) is 14.3. The van der Waals surface area contributed by atoms with Crippen LogP contribution in [0.25, 0.3) is 0 Å². The van der Waals surface area contributed by atoms with E-state index in [-0.39, 0.29) is 0 Å². The second kappa shape index (κ2) is 7.44. The van der Waals surface area contributed by atoms with E-state index in [9.17, 15) is 4.79 Å². The Balaban J connectivity index is 2.00. The van der Waals surface area contributed by atoms with Gasteiger partial charge in [0, 0.05) is 12.0 Å². The molecule has 0 saturated heterocycles. The van der Waals surface area contributed by atoms with Crippen LogP contribution in [0.3, 0.4) is 0 Å². The lowest BCUT2D eigenvalue weighted by molar-refractivity contribution is 0.0949. The molecule has 104 valence electrons. The number of nitrogens with one attached hydrogen (secondary N) is 1. The van der Waals surface area contributed by atoms with Gasteiger partial charge in [0.05, 0.1) is 0 Å². The van der Waals surface area contributed by atoms with E-state index < -0.39 is 0 Å². The number of benzene rings is 1. The zero-order chi connectivity index (χ0) is 13.5. The smallest absolute Gasteiger partial charge is 0.163 e. The van der Waals surface area contributed by atoms with Crippen molar-refractivity contribution in [3.05, 3.63) is 35.4 Å². The molecular formula is C17H25NO. The van der Waals surface area contributed by atoms with Crippen LogP contribution >= 0.6 is 0 Å². The molecule has 1 aliphatic carbocycles. The molecule has 0 aliphatic heterocycles. The van der Waals surface area contributed by atoms with Crippen LogP contribution in [-0.4, -0.2) is 19.4 Å². The number of hydrogen-bond acceptors (Lipinski definition) is 2. The first-order chi connectivity index (χ1) is 9.31. The highest BCUT2D eigenvalue weighted by Gasteiger charge is 2.19. The zero-order valence-electron chi connectivity index (χ0n) is 12.0. The van der Waals surface area contributed by atoms with E-state index in [1.807, 2.05) is 25.2 Å². The molecule has 2 rings (SSSR count). The third-order valence-electron chi connectivity index (χ3n) is 4.16. The van der Waals surface area contributed by atoms with Crippen molar-refractivity contribution in [2.24, 2.45) is 5.92 Å². The number of Topliss-reactive ketones (excluding diaryl/α,β-unsaturated/α-hetero) is 1. The molecular weight excluding hydrogens is 234 g/mol. The maximum Gasteiger partial charge on any atom is 0.163 e. The Morgan fingerprint density at radius 1 is 1.21 bits per heavy atom. The van der Waals surface area contributed by atoms with Gasteiger partial charge in [-0.1, -0.05) is 56.4 Å². The van der Waals surface area contributed by atoms with Crippen LogP contribution in [0.1, 0.15) is 54.4 Å². The molecule has 1 aliphatic rings. The van der Waals surface area contributed by atoms with Gasteiger partial charge in [-0.2, -0.15) is 0 Å². The van der Waals surface area contributed by atoms with Crippen LogP contribution in [0.2, 0.25) is 0 Å². The van der Waals surface area contributed by atoms with Gasteiger partial charge in [0.1, 0.15) is 0 Å². The van der Waals surface area contributed by atoms with Crippen molar-refractivity contribution >= 4 is 5.78 Å². The lowest BCUT2D eigenvalue weighted by atomic mass is 9.84. The highest BCUT2D eigenvalue weighted by Crippen LogP contribution is 2.28. The minimum atomic E-state index is 0.346. The monoisotopic (exact) mass is 259 g/mol. The highest BCUT2D eigenvalue weighted by molar-refractivity contribution is 5.97. The number of ketones is 1. The molecule has 0 spiro atoms. The van der Waals surface area contributed by atoms with Crippen molar-refractivity contribution in [2.75, 3.05) is 13.6 Å². The molecule has 1 aromatic carbocycles. The summed E-state index contributed by atoms with van der Waals surface area (Å²) in [6, 6.07) is 8.10. The summed E-state index contributed by atoms with van der Waals surface area (Å²) in [6.07, 6.45) is 8.12. The van der Waals surface area contributed by atoms with Gasteiger partial charge in [-0.15, -0.1) is 0 Å². The van der Waals surface area contributed by atoms with Crippen molar-refractivity contribution in [2.45, 2.75) is 44.9 Å². The lowest BCUT2D eigenvalue weighted by Crippen LogP contribution is -2.16. The number of likely N-dealkylation sites (N-methyl/N-ethyl adjacent to an activating group) is 1. The minimum Gasteiger partial charge on any atom is -0.319 e. The minimum absolute atomic E-state index is 0.346. The molecule has 1 saturated carbocycles. The molecule has 0 bridgehead atoms. The Labute approximate surface area is 116 Å². The van der Waals surface area contributed by atoms with Crippen LogP contribution in [-0.2, 0) is 6.42 Å². The lowest BCUT2D eigenvalue weighted by Gasteiger charge is -2.21. The van der Waals surface area contributed by atoms with Crippen molar-refractivity contribution in [3.63, 3.8) is 0 Å². The van der Waals surface area contributed by atoms with Gasteiger partial charge < -0.3 is 5.32 Å². The Morgan fingerprint density at radius 3 is 2.68 bits per heavy atom. The molecule has 2 heteroatoms. The van der Waals surface area contributed by atoms with Gasteiger partial charge in [-0.3, -0.25) is 4.79 Å². The van der Waals surface area contributed by atoms with E-state index in [1.165, 1.54) is 37.7 Å². The highest BCUT2D eigenvalue weighted by atomic mass is 16.1. The van der Waals surface area contributed by atoms with E-state index >= 15 is 0 Å². The van der Waals surface area contributed by atoms with Gasteiger partial charge in [0.2, 0.25) is 0 Å². The van der Waals surface area contributed by atoms with Gasteiger partial charge in [-0.05, 0) is 31.5 Å². The summed E-state index contributed by atoms with van der Waals surface area (Å²) in [7, 11) is 1.95. The van der Waals surface area contributed by atoms with E-state index in [4.69, 9.17) is 0 Å². The number of hydrogen-bond donors (Lipinski definition) is 1. The molecule has 1 fully saturated rings. The molecule has 1 aromatic rings. The zero-order valence-corrected chi connectivity index (χ0v) is 12.0. The van der Waals surface area contributed by atoms with Gasteiger partial charge in [0.15, 0.2) is 5.78 Å². The SMILES string of the molecule is CNCCc1ccccc1C(=O)CC1CCCCC1. The van der Waals surface area contributed by atoms with Crippen molar-refractivity contribution in [1.82, 2.24) is 5.32 Å². The third kappa shape index (κ3) is 4.17. The first-order valence-corrected chi connectivity index (χ1v) is 7.57. The van der Waals surface area contributed by atoms with Crippen LogP contribution in [0, 0.1) is 5.92 Å². The molecule has 2 nitrogen and oxygen atoms in total. The third-order valence-corrected chi connectivity index (χ3v) is 4.16. The molecule has 0 radical (unpaired) electrons. The topological polar surface area (TPSA) is 29.1 Å². The standard InChI is InChI=1S/C17H25NO/c1-18-12-11-15-9-5-6-10-16(15)17(19)13-14-7-3-2-4-8-14/h5-6,9-10,14,18H,2-4,7-8,11-13H2,1H3. The Bertz CT molecular complexity index is 407. The molecule has 0 aromatic heterocycles. The summed E-state index contributed by atoms with van der Waals surface area (Å²) in [5, 5.41) is 3.15. The Hall–Kier alpha value is -1.15. The molecule has 0 atom stereocenters. The fraction of sp³-hybridized carbons (Fsp3) is 0.588. The summed E-state index contributed by atoms with van der Waals surface area (Å²) in [4.78, 5) is 12.5. The maximum absolute atomic E-state index is 12.5. The summed E-state index contributed by atoms with van der Waals surface area (Å²) in [6.45, 7) is 0.924. The predicted molar refractivity (Wildman–Crippen MR) is 79.6 cm³/mol. The Morgan fingerprint density at radius 2 is 1.95 bits per heavy atom. The van der Waals surface area contributed by atoms with E-state index in [0.29, 0.717) is 11.7 Å². The van der Waals surface area contributed by atoms with Crippen LogP contribution < -0.4 is 5.32 Å². The van der Waals surface area contributed by atoms with Crippen LogP contribution in [0.4, 0.5) is 0 Å². The van der Waals surface area contributed by atoms with Gasteiger partial charge in [0.25, 0.3) is 0 Å². The summed E-state index contributed by atoms with van der Waals surface area (Å²) < 4.78 is 0. The largest absolute Gasteiger partial charge is 0.319 e. The fourth-order valence-electron chi connectivity index (χ4n) is 3.03. The van der Waals surface area contributed by atoms with Crippen molar-refractivity contribution in [1.29, 1.82) is 0 Å². The van der Waals surface area contributed by atoms with Crippen molar-refractivity contribution < 1.29 is 4.79 Å². The first-order valence-electron chi connectivity index (χ1n) is 7.57. The number of carbonyl (C=O) groups is 1. The summed E-state index contributed by atoms with van der Waals surface area (Å²) in [5.41, 5.74) is 2.14. The summed E-state index contributed by atoms with van der Waals surface area (Å²) >= 11 is 0. The van der Waals surface area contributed by atoms with Crippen LogP contribution in [0.5, 0.6) is 0 Å².